The van der Waals surface area contributed by atoms with Crippen molar-refractivity contribution in [2.24, 2.45) is 0 Å². The molecule has 22 heavy (non-hydrogen) atoms. The van der Waals surface area contributed by atoms with Crippen LogP contribution in [-0.2, 0) is 6.42 Å². The normalized spacial score (nSPS) is 17.5. The van der Waals surface area contributed by atoms with Crippen molar-refractivity contribution < 1.29 is 0 Å². The maximum Gasteiger partial charge on any atom is 0.150 e. The molecule has 2 N–H and O–H groups in total. The predicted octanol–water partition coefficient (Wildman–Crippen LogP) is 4.67. The van der Waals surface area contributed by atoms with Gasteiger partial charge in [0.05, 0.1) is 11.6 Å². The lowest BCUT2D eigenvalue weighted by atomic mass is 9.88. The third-order valence-corrected chi connectivity index (χ3v) is 4.91. The molecule has 0 radical (unpaired) electrons. The molecule has 1 aliphatic carbocycles. The van der Waals surface area contributed by atoms with Crippen LogP contribution in [0.3, 0.4) is 0 Å². The van der Waals surface area contributed by atoms with Gasteiger partial charge in [-0.3, -0.25) is 0 Å². The van der Waals surface area contributed by atoms with E-state index in [2.05, 4.69) is 59.5 Å². The van der Waals surface area contributed by atoms with Crippen LogP contribution in [-0.4, -0.2) is 9.97 Å². The third-order valence-electron chi connectivity index (χ3n) is 4.91. The van der Waals surface area contributed by atoms with Gasteiger partial charge in [0.25, 0.3) is 0 Å². The van der Waals surface area contributed by atoms with E-state index < -0.39 is 0 Å². The van der Waals surface area contributed by atoms with Gasteiger partial charge in [0.1, 0.15) is 0 Å². The van der Waals surface area contributed by atoms with Crippen molar-refractivity contribution in [1.82, 2.24) is 9.97 Å². The van der Waals surface area contributed by atoms with Gasteiger partial charge in [-0.15, -0.1) is 0 Å². The summed E-state index contributed by atoms with van der Waals surface area (Å²) in [4.78, 5) is 8.07. The lowest BCUT2D eigenvalue weighted by Crippen LogP contribution is -2.18. The number of hydrogen-bond acceptors (Lipinski definition) is 2. The predicted molar refractivity (Wildman–Crippen MR) is 91.3 cm³/mol. The lowest BCUT2D eigenvalue weighted by molar-refractivity contribution is 0.599. The molecule has 0 fully saturated rings. The molecular weight excluding hydrogens is 270 g/mol. The van der Waals surface area contributed by atoms with Gasteiger partial charge in [-0.2, -0.15) is 0 Å². The first-order valence-corrected chi connectivity index (χ1v) is 8.02. The van der Waals surface area contributed by atoms with E-state index in [9.17, 15) is 0 Å². The molecule has 0 spiro atoms. The molecular formula is C19H21N3. The summed E-state index contributed by atoms with van der Waals surface area (Å²) in [5.41, 5.74) is 6.55. The Balaban J connectivity index is 1.75. The number of rotatable bonds is 2. The summed E-state index contributed by atoms with van der Waals surface area (Å²) >= 11 is 0. The molecule has 0 unspecified atom stereocenters. The number of nitrogens with zero attached hydrogens (tertiary/aromatic N) is 1. The van der Waals surface area contributed by atoms with Crippen molar-refractivity contribution in [3.63, 3.8) is 0 Å². The second kappa shape index (κ2) is 5.16. The largest absolute Gasteiger partial charge is 0.362 e. The number of pyridine rings is 1. The topological polar surface area (TPSA) is 40.7 Å². The van der Waals surface area contributed by atoms with Crippen LogP contribution in [0.2, 0.25) is 0 Å². The Morgan fingerprint density at radius 1 is 1.18 bits per heavy atom. The summed E-state index contributed by atoms with van der Waals surface area (Å²) in [5.74, 6) is 0.968. The van der Waals surface area contributed by atoms with E-state index in [1.54, 1.807) is 0 Å². The van der Waals surface area contributed by atoms with Crippen LogP contribution in [0, 0.1) is 13.8 Å². The van der Waals surface area contributed by atoms with Crippen molar-refractivity contribution in [2.45, 2.75) is 39.2 Å². The Morgan fingerprint density at radius 3 is 2.95 bits per heavy atom. The molecule has 0 amide bonds. The van der Waals surface area contributed by atoms with Crippen LogP contribution in [0.1, 0.15) is 41.3 Å². The molecule has 3 aromatic rings. The molecule has 3 heteroatoms. The van der Waals surface area contributed by atoms with Gasteiger partial charge in [-0.25, -0.2) is 4.98 Å². The molecule has 1 atom stereocenters. The Hall–Kier alpha value is -2.29. The maximum absolute atomic E-state index is 4.59. The van der Waals surface area contributed by atoms with Crippen LogP contribution in [0.15, 0.2) is 36.5 Å². The average molecular weight is 291 g/mol. The summed E-state index contributed by atoms with van der Waals surface area (Å²) in [5, 5.41) is 4.94. The highest BCUT2D eigenvalue weighted by Crippen LogP contribution is 2.34. The molecule has 0 aliphatic heterocycles. The number of H-pyrrole nitrogens is 1. The van der Waals surface area contributed by atoms with E-state index in [4.69, 9.17) is 0 Å². The lowest BCUT2D eigenvalue weighted by Gasteiger charge is -2.27. The van der Waals surface area contributed by atoms with Gasteiger partial charge in [0.2, 0.25) is 0 Å². The number of anilines is 1. The van der Waals surface area contributed by atoms with E-state index in [0.29, 0.717) is 6.04 Å². The highest BCUT2D eigenvalue weighted by molar-refractivity contribution is 5.92. The first-order valence-electron chi connectivity index (χ1n) is 8.02. The zero-order valence-corrected chi connectivity index (χ0v) is 13.1. The highest BCUT2D eigenvalue weighted by Gasteiger charge is 2.21. The van der Waals surface area contributed by atoms with Crippen LogP contribution in [0.25, 0.3) is 10.9 Å². The van der Waals surface area contributed by atoms with E-state index in [0.717, 1.165) is 17.8 Å². The molecule has 112 valence electrons. The van der Waals surface area contributed by atoms with Crippen LogP contribution in [0.4, 0.5) is 5.82 Å². The molecule has 4 rings (SSSR count). The number of nitrogens with one attached hydrogen (secondary N) is 2. The quantitative estimate of drug-likeness (QED) is 0.720. The van der Waals surface area contributed by atoms with Crippen molar-refractivity contribution in [1.29, 1.82) is 0 Å². The van der Waals surface area contributed by atoms with Crippen molar-refractivity contribution >= 4 is 16.7 Å². The third kappa shape index (κ3) is 2.08. The standard InChI is InChI=1S/C19H21N3/c1-12-13(2)21-18-15(12)10-11-20-19(18)22-17-9-5-7-14-6-3-4-8-16(14)17/h3-4,6,8,10-11,17,21H,5,7,9H2,1-2H3,(H,20,22)/t17-/m0/s1. The summed E-state index contributed by atoms with van der Waals surface area (Å²) in [6, 6.07) is 11.2. The Bertz CT molecular complexity index is 832. The first kappa shape index (κ1) is 13.4. The SMILES string of the molecule is Cc1[nH]c2c(N[C@H]3CCCc4ccccc43)nccc2c1C. The van der Waals surface area contributed by atoms with Gasteiger partial charge >= 0.3 is 0 Å². The fraction of sp³-hybridized carbons (Fsp3) is 0.316. The molecule has 3 nitrogen and oxygen atoms in total. The summed E-state index contributed by atoms with van der Waals surface area (Å²) in [6.07, 6.45) is 5.48. The number of benzene rings is 1. The minimum atomic E-state index is 0.354. The Labute approximate surface area is 130 Å². The Morgan fingerprint density at radius 2 is 2.05 bits per heavy atom. The first-order chi connectivity index (χ1) is 10.7. The number of aryl methyl sites for hydroxylation is 3. The molecule has 2 heterocycles. The van der Waals surface area contributed by atoms with Crippen molar-refractivity contribution in [3.05, 3.63) is 58.9 Å². The second-order valence-corrected chi connectivity index (χ2v) is 6.25. The van der Waals surface area contributed by atoms with Crippen LogP contribution >= 0.6 is 0 Å². The number of hydrogen-bond donors (Lipinski definition) is 2. The van der Waals surface area contributed by atoms with Gasteiger partial charge in [-0.05, 0) is 55.9 Å². The summed E-state index contributed by atoms with van der Waals surface area (Å²) < 4.78 is 0. The monoisotopic (exact) mass is 291 g/mol. The van der Waals surface area contributed by atoms with Crippen molar-refractivity contribution in [2.75, 3.05) is 5.32 Å². The smallest absolute Gasteiger partial charge is 0.150 e. The highest BCUT2D eigenvalue weighted by atomic mass is 15.0. The van der Waals surface area contributed by atoms with Gasteiger partial charge in [-0.1, -0.05) is 24.3 Å². The summed E-state index contributed by atoms with van der Waals surface area (Å²) in [6.45, 7) is 4.28. The molecule has 2 aromatic heterocycles. The maximum atomic E-state index is 4.59. The molecule has 1 aliphatic rings. The minimum absolute atomic E-state index is 0.354. The number of aromatic amines is 1. The van der Waals surface area contributed by atoms with E-state index in [1.807, 2.05) is 6.20 Å². The average Bonchev–Trinajstić information content (AvgIpc) is 2.84. The minimum Gasteiger partial charge on any atom is -0.362 e. The fourth-order valence-electron chi connectivity index (χ4n) is 3.56. The van der Waals surface area contributed by atoms with E-state index >= 15 is 0 Å². The zero-order chi connectivity index (χ0) is 15.1. The van der Waals surface area contributed by atoms with Crippen LogP contribution in [0.5, 0.6) is 0 Å². The number of fused-ring (bicyclic) bond motifs is 2. The van der Waals surface area contributed by atoms with Crippen LogP contribution < -0.4 is 5.32 Å². The second-order valence-electron chi connectivity index (χ2n) is 6.25. The molecule has 0 bridgehead atoms. The Kier molecular flexibility index (Phi) is 3.14. The molecule has 0 saturated heterocycles. The van der Waals surface area contributed by atoms with Gasteiger partial charge in [0, 0.05) is 17.3 Å². The zero-order valence-electron chi connectivity index (χ0n) is 13.1. The van der Waals surface area contributed by atoms with Crippen molar-refractivity contribution in [3.8, 4) is 0 Å². The number of aromatic nitrogens is 2. The molecule has 0 saturated carbocycles. The summed E-state index contributed by atoms with van der Waals surface area (Å²) in [7, 11) is 0. The van der Waals surface area contributed by atoms with Gasteiger partial charge in [0.15, 0.2) is 5.82 Å². The van der Waals surface area contributed by atoms with E-state index in [1.165, 1.54) is 40.6 Å². The fourth-order valence-corrected chi connectivity index (χ4v) is 3.56. The van der Waals surface area contributed by atoms with Gasteiger partial charge < -0.3 is 10.3 Å². The van der Waals surface area contributed by atoms with E-state index in [-0.39, 0.29) is 0 Å². The molecule has 1 aromatic carbocycles.